The standard InChI is InChI=1S/C22H19N2O/c1-13-10-14(2)20(18-8-6-7-9-24(18)5)22-19(13)17-12-16(23-4)11-15(3)21(17)25-22/h6-12H,1-3,5H3/q+1. The molecule has 0 radical (unpaired) electrons. The minimum atomic E-state index is 0.652. The topological polar surface area (TPSA) is 21.4 Å². The van der Waals surface area contributed by atoms with Gasteiger partial charge in [-0.25, -0.2) is 9.41 Å². The van der Waals surface area contributed by atoms with Crippen molar-refractivity contribution < 1.29 is 8.98 Å². The summed E-state index contributed by atoms with van der Waals surface area (Å²) in [7, 11) is 2.05. The Bertz CT molecular complexity index is 1190. The molecule has 4 aromatic rings. The number of aromatic nitrogens is 1. The highest BCUT2D eigenvalue weighted by Crippen LogP contribution is 2.41. The molecule has 25 heavy (non-hydrogen) atoms. The van der Waals surface area contributed by atoms with Crippen LogP contribution in [-0.2, 0) is 7.05 Å². The maximum Gasteiger partial charge on any atom is 0.216 e. The molecular weight excluding hydrogens is 308 g/mol. The number of benzene rings is 2. The van der Waals surface area contributed by atoms with Gasteiger partial charge in [0.15, 0.2) is 11.9 Å². The van der Waals surface area contributed by atoms with Crippen molar-refractivity contribution in [2.45, 2.75) is 20.8 Å². The zero-order chi connectivity index (χ0) is 17.7. The van der Waals surface area contributed by atoms with Crippen LogP contribution in [0.4, 0.5) is 5.69 Å². The third-order valence-corrected chi connectivity index (χ3v) is 4.85. The summed E-state index contributed by atoms with van der Waals surface area (Å²) < 4.78 is 8.48. The second kappa shape index (κ2) is 5.46. The third-order valence-electron chi connectivity index (χ3n) is 4.85. The van der Waals surface area contributed by atoms with Gasteiger partial charge in [-0.2, -0.15) is 0 Å². The molecule has 4 rings (SSSR count). The van der Waals surface area contributed by atoms with E-state index < -0.39 is 0 Å². The summed E-state index contributed by atoms with van der Waals surface area (Å²) in [4.78, 5) is 3.61. The first kappa shape index (κ1) is 15.4. The number of nitrogens with zero attached hydrogens (tertiary/aromatic N) is 2. The zero-order valence-corrected chi connectivity index (χ0v) is 14.8. The van der Waals surface area contributed by atoms with E-state index in [1.165, 1.54) is 11.1 Å². The molecule has 0 unspecified atom stereocenters. The van der Waals surface area contributed by atoms with E-state index in [0.29, 0.717) is 5.69 Å². The average molecular weight is 327 g/mol. The normalized spacial score (nSPS) is 11.2. The number of furan rings is 1. The van der Waals surface area contributed by atoms with Crippen molar-refractivity contribution in [3.8, 4) is 11.3 Å². The summed E-state index contributed by atoms with van der Waals surface area (Å²) in [5, 5.41) is 2.13. The van der Waals surface area contributed by atoms with Crippen LogP contribution in [0.1, 0.15) is 16.7 Å². The molecular formula is C22H19N2O+. The van der Waals surface area contributed by atoms with Gasteiger partial charge < -0.3 is 4.42 Å². The van der Waals surface area contributed by atoms with Gasteiger partial charge in [0.2, 0.25) is 5.69 Å². The molecule has 0 amide bonds. The van der Waals surface area contributed by atoms with Gasteiger partial charge in [0.25, 0.3) is 0 Å². The largest absolute Gasteiger partial charge is 0.455 e. The lowest BCUT2D eigenvalue weighted by molar-refractivity contribution is -0.660. The Kier molecular flexibility index (Phi) is 3.36. The fraction of sp³-hybridized carbons (Fsp3) is 0.182. The second-order valence-electron chi connectivity index (χ2n) is 6.64. The van der Waals surface area contributed by atoms with Crippen molar-refractivity contribution in [1.29, 1.82) is 0 Å². The van der Waals surface area contributed by atoms with Gasteiger partial charge in [-0.15, -0.1) is 0 Å². The van der Waals surface area contributed by atoms with Crippen molar-refractivity contribution in [1.82, 2.24) is 0 Å². The van der Waals surface area contributed by atoms with E-state index in [1.807, 2.05) is 44.4 Å². The van der Waals surface area contributed by atoms with Crippen molar-refractivity contribution >= 4 is 27.6 Å². The minimum Gasteiger partial charge on any atom is -0.455 e. The van der Waals surface area contributed by atoms with Crippen molar-refractivity contribution in [2.24, 2.45) is 7.05 Å². The molecule has 2 heterocycles. The molecule has 122 valence electrons. The molecule has 2 aromatic heterocycles. The Morgan fingerprint density at radius 3 is 2.48 bits per heavy atom. The van der Waals surface area contributed by atoms with Gasteiger partial charge in [-0.1, -0.05) is 6.07 Å². The van der Waals surface area contributed by atoms with E-state index >= 15 is 0 Å². The molecule has 2 aromatic carbocycles. The lowest BCUT2D eigenvalue weighted by Gasteiger charge is -2.07. The molecule has 0 saturated carbocycles. The predicted molar refractivity (Wildman–Crippen MR) is 101 cm³/mol. The quantitative estimate of drug-likeness (QED) is 0.331. The Morgan fingerprint density at radius 2 is 1.76 bits per heavy atom. The van der Waals surface area contributed by atoms with E-state index in [4.69, 9.17) is 11.0 Å². The van der Waals surface area contributed by atoms with Gasteiger partial charge >= 0.3 is 0 Å². The van der Waals surface area contributed by atoms with Crippen molar-refractivity contribution in [3.63, 3.8) is 0 Å². The third kappa shape index (κ3) is 2.22. The molecule has 0 saturated heterocycles. The van der Waals surface area contributed by atoms with Crippen LogP contribution in [0.2, 0.25) is 0 Å². The van der Waals surface area contributed by atoms with Gasteiger partial charge in [0.1, 0.15) is 18.2 Å². The van der Waals surface area contributed by atoms with E-state index in [1.54, 1.807) is 0 Å². The van der Waals surface area contributed by atoms with Crippen molar-refractivity contribution in [2.75, 3.05) is 0 Å². The molecule has 0 spiro atoms. The number of fused-ring (bicyclic) bond motifs is 3. The Hall–Kier alpha value is -3.12. The maximum atomic E-state index is 7.36. The van der Waals surface area contributed by atoms with Crippen LogP contribution >= 0.6 is 0 Å². The number of hydrogen-bond donors (Lipinski definition) is 0. The van der Waals surface area contributed by atoms with Crippen LogP contribution in [0, 0.1) is 27.3 Å². The van der Waals surface area contributed by atoms with Crippen LogP contribution in [-0.4, -0.2) is 0 Å². The van der Waals surface area contributed by atoms with Crippen LogP contribution in [0.3, 0.4) is 0 Å². The van der Waals surface area contributed by atoms with Crippen LogP contribution in [0.5, 0.6) is 0 Å². The Balaban J connectivity index is 2.23. The molecule has 0 N–H and O–H groups in total. The van der Waals surface area contributed by atoms with Gasteiger partial charge in [0, 0.05) is 22.9 Å². The zero-order valence-electron chi connectivity index (χ0n) is 14.8. The fourth-order valence-electron chi connectivity index (χ4n) is 3.73. The predicted octanol–water partition coefficient (Wildman–Crippen LogP) is 5.55. The summed E-state index contributed by atoms with van der Waals surface area (Å²) in [5.41, 5.74) is 8.02. The molecule has 0 fully saturated rings. The first-order valence-electron chi connectivity index (χ1n) is 8.31. The smallest absolute Gasteiger partial charge is 0.216 e. The molecule has 0 aliphatic heterocycles. The summed E-state index contributed by atoms with van der Waals surface area (Å²) in [6.07, 6.45) is 2.05. The lowest BCUT2D eigenvalue weighted by Crippen LogP contribution is -2.30. The Labute approximate surface area is 147 Å². The summed E-state index contributed by atoms with van der Waals surface area (Å²) in [5.74, 6) is 0. The first-order valence-corrected chi connectivity index (χ1v) is 8.31. The molecule has 3 heteroatoms. The molecule has 0 bridgehead atoms. The second-order valence-corrected chi connectivity index (χ2v) is 6.64. The first-order chi connectivity index (χ1) is 12.0. The number of hydrogen-bond acceptors (Lipinski definition) is 1. The van der Waals surface area contributed by atoms with Crippen molar-refractivity contribution in [3.05, 3.63) is 70.7 Å². The highest BCUT2D eigenvalue weighted by Gasteiger charge is 2.22. The molecule has 0 aliphatic rings. The summed E-state index contributed by atoms with van der Waals surface area (Å²) in [6.45, 7) is 13.6. The fourth-order valence-corrected chi connectivity index (χ4v) is 3.73. The van der Waals surface area contributed by atoms with Gasteiger partial charge in [-0.05, 0) is 55.7 Å². The van der Waals surface area contributed by atoms with E-state index in [9.17, 15) is 0 Å². The van der Waals surface area contributed by atoms with Crippen LogP contribution < -0.4 is 4.57 Å². The molecule has 3 nitrogen and oxygen atoms in total. The minimum absolute atomic E-state index is 0.652. The van der Waals surface area contributed by atoms with Crippen LogP contribution in [0.25, 0.3) is 38.0 Å². The monoisotopic (exact) mass is 327 g/mol. The Morgan fingerprint density at radius 1 is 0.960 bits per heavy atom. The van der Waals surface area contributed by atoms with E-state index in [-0.39, 0.29) is 0 Å². The van der Waals surface area contributed by atoms with E-state index in [0.717, 1.165) is 38.8 Å². The summed E-state index contributed by atoms with van der Waals surface area (Å²) >= 11 is 0. The van der Waals surface area contributed by atoms with Gasteiger partial charge in [0.05, 0.1) is 12.1 Å². The van der Waals surface area contributed by atoms with E-state index in [2.05, 4.69) is 35.4 Å². The number of rotatable bonds is 1. The maximum absolute atomic E-state index is 7.36. The molecule has 0 aliphatic carbocycles. The summed E-state index contributed by atoms with van der Waals surface area (Å²) in [6, 6.07) is 12.2. The van der Waals surface area contributed by atoms with Crippen LogP contribution in [0.15, 0.2) is 47.0 Å². The number of aryl methyl sites for hydroxylation is 4. The SMILES string of the molecule is [C-]#[N+]c1cc(C)c2oc3c(-c4cccc[n+]4C)c(C)cc(C)c3c2c1. The highest BCUT2D eigenvalue weighted by molar-refractivity contribution is 6.13. The highest BCUT2D eigenvalue weighted by atomic mass is 16.3. The van der Waals surface area contributed by atoms with Gasteiger partial charge in [-0.3, -0.25) is 0 Å². The molecule has 0 atom stereocenters. The number of pyridine rings is 1. The lowest BCUT2D eigenvalue weighted by atomic mass is 9.96. The average Bonchev–Trinajstić information content (AvgIpc) is 2.96.